The predicted octanol–water partition coefficient (Wildman–Crippen LogP) is 3.27. The number of rotatable bonds is 7. The Balaban J connectivity index is 4.43. The number of hydrogen-bond donors (Lipinski definition) is 0. The van der Waals surface area contributed by atoms with E-state index in [0.29, 0.717) is 24.9 Å². The predicted molar refractivity (Wildman–Crippen MR) is 64.9 cm³/mol. The van der Waals surface area contributed by atoms with Crippen LogP contribution >= 0.6 is 0 Å². The quantitative estimate of drug-likeness (QED) is 0.382. The van der Waals surface area contributed by atoms with E-state index in [2.05, 4.69) is 26.2 Å². The van der Waals surface area contributed by atoms with Crippen LogP contribution in [0.15, 0.2) is 24.4 Å². The molecular formula is C11H22O3Si. The molecular weight excluding hydrogens is 208 g/mol. The van der Waals surface area contributed by atoms with Gasteiger partial charge in [0.05, 0.1) is 19.3 Å². The highest BCUT2D eigenvalue weighted by Crippen LogP contribution is 2.13. The molecule has 15 heavy (non-hydrogen) atoms. The van der Waals surface area contributed by atoms with Gasteiger partial charge in [0.1, 0.15) is 5.76 Å². The van der Waals surface area contributed by atoms with E-state index in [1.54, 1.807) is 6.08 Å². The van der Waals surface area contributed by atoms with Gasteiger partial charge in [-0.3, -0.25) is 0 Å². The lowest BCUT2D eigenvalue weighted by Crippen LogP contribution is -2.25. The molecule has 0 heterocycles. The van der Waals surface area contributed by atoms with Crippen LogP contribution < -0.4 is 0 Å². The van der Waals surface area contributed by atoms with Crippen LogP contribution in [-0.4, -0.2) is 21.5 Å². The first-order valence-electron chi connectivity index (χ1n) is 5.24. The highest BCUT2D eigenvalue weighted by Gasteiger charge is 2.18. The monoisotopic (exact) mass is 230 g/mol. The number of ether oxygens (including phenoxy) is 2. The summed E-state index contributed by atoms with van der Waals surface area (Å²) < 4.78 is 16.3. The molecule has 0 aliphatic rings. The van der Waals surface area contributed by atoms with Gasteiger partial charge in [-0.2, -0.15) is 0 Å². The summed E-state index contributed by atoms with van der Waals surface area (Å²) in [5.74, 6) is 1.08. The van der Waals surface area contributed by atoms with E-state index in [9.17, 15) is 0 Å². The first-order chi connectivity index (χ1) is 6.89. The number of hydrogen-bond acceptors (Lipinski definition) is 3. The Labute approximate surface area is 93.9 Å². The van der Waals surface area contributed by atoms with Gasteiger partial charge in [0.25, 0.3) is 5.95 Å². The zero-order valence-corrected chi connectivity index (χ0v) is 11.4. The maximum Gasteiger partial charge on any atom is 0.269 e. The molecule has 0 rings (SSSR count). The summed E-state index contributed by atoms with van der Waals surface area (Å²) in [5, 5.41) is 0. The topological polar surface area (TPSA) is 27.7 Å². The van der Waals surface area contributed by atoms with Gasteiger partial charge >= 0.3 is 0 Å². The molecule has 0 aliphatic carbocycles. The average Bonchev–Trinajstić information content (AvgIpc) is 2.01. The average molecular weight is 230 g/mol. The van der Waals surface area contributed by atoms with Crippen LogP contribution in [0, 0.1) is 0 Å². The molecule has 0 aromatic rings. The van der Waals surface area contributed by atoms with E-state index in [0.717, 1.165) is 0 Å². The van der Waals surface area contributed by atoms with Gasteiger partial charge in [-0.25, -0.2) is 0 Å². The lowest BCUT2D eigenvalue weighted by atomic mass is 10.5. The lowest BCUT2D eigenvalue weighted by Gasteiger charge is -2.21. The molecule has 88 valence electrons. The summed E-state index contributed by atoms with van der Waals surface area (Å²) in [6.07, 6.45) is 1.70. The Morgan fingerprint density at radius 1 is 1.13 bits per heavy atom. The van der Waals surface area contributed by atoms with Gasteiger partial charge in [0.15, 0.2) is 0 Å². The second-order valence-corrected chi connectivity index (χ2v) is 8.44. The molecule has 0 atom stereocenters. The maximum atomic E-state index is 5.73. The summed E-state index contributed by atoms with van der Waals surface area (Å²) in [4.78, 5) is 0. The van der Waals surface area contributed by atoms with Crippen LogP contribution in [0.4, 0.5) is 0 Å². The van der Waals surface area contributed by atoms with Crippen molar-refractivity contribution in [2.24, 2.45) is 0 Å². The first-order valence-corrected chi connectivity index (χ1v) is 8.65. The second kappa shape index (κ2) is 6.56. The van der Waals surface area contributed by atoms with Crippen LogP contribution in [-0.2, 0) is 13.9 Å². The Morgan fingerprint density at radius 3 is 2.07 bits per heavy atom. The summed E-state index contributed by atoms with van der Waals surface area (Å²) in [7, 11) is -1.64. The minimum absolute atomic E-state index is 0.509. The van der Waals surface area contributed by atoms with Gasteiger partial charge in [0, 0.05) is 0 Å². The smallest absolute Gasteiger partial charge is 0.269 e. The first kappa shape index (κ1) is 14.1. The summed E-state index contributed by atoms with van der Waals surface area (Å²) >= 11 is 0. The molecule has 0 N–H and O–H groups in total. The molecule has 0 amide bonds. The summed E-state index contributed by atoms with van der Waals surface area (Å²) in [5.41, 5.74) is 0. The number of allylic oxidation sites excluding steroid dienone is 1. The van der Waals surface area contributed by atoms with Gasteiger partial charge in [-0.05, 0) is 33.5 Å². The van der Waals surface area contributed by atoms with Crippen molar-refractivity contribution in [1.82, 2.24) is 0 Å². The van der Waals surface area contributed by atoms with Crippen LogP contribution in [0.3, 0.4) is 0 Å². The molecule has 0 unspecified atom stereocenters. The van der Waals surface area contributed by atoms with E-state index in [4.69, 9.17) is 13.9 Å². The van der Waals surface area contributed by atoms with Crippen molar-refractivity contribution in [2.45, 2.75) is 33.5 Å². The fourth-order valence-corrected chi connectivity index (χ4v) is 1.62. The molecule has 0 aromatic carbocycles. The fraction of sp³-hybridized carbons (Fsp3) is 0.636. The molecule has 0 bridgehead atoms. The van der Waals surface area contributed by atoms with Crippen LogP contribution in [0.2, 0.25) is 19.6 Å². The Morgan fingerprint density at radius 2 is 1.67 bits per heavy atom. The summed E-state index contributed by atoms with van der Waals surface area (Å²) in [6.45, 7) is 15.1. The van der Waals surface area contributed by atoms with Crippen molar-refractivity contribution < 1.29 is 13.9 Å². The Kier molecular flexibility index (Phi) is 6.16. The minimum Gasteiger partial charge on any atom is -0.520 e. The molecule has 0 radical (unpaired) electrons. The van der Waals surface area contributed by atoms with Gasteiger partial charge in [0.2, 0.25) is 8.32 Å². The van der Waals surface area contributed by atoms with Crippen molar-refractivity contribution >= 4 is 8.32 Å². The normalized spacial score (nSPS) is 12.2. The molecule has 4 heteroatoms. The SMILES string of the molecule is C=C(/C=C(/OCC)O[Si](C)(C)C)OCC. The molecule has 0 fully saturated rings. The van der Waals surface area contributed by atoms with Crippen LogP contribution in [0.25, 0.3) is 0 Å². The highest BCUT2D eigenvalue weighted by atomic mass is 28.4. The zero-order chi connectivity index (χ0) is 11.9. The minimum atomic E-state index is -1.64. The lowest BCUT2D eigenvalue weighted by molar-refractivity contribution is 0.109. The van der Waals surface area contributed by atoms with Crippen molar-refractivity contribution in [2.75, 3.05) is 13.2 Å². The third kappa shape index (κ3) is 8.12. The molecule has 0 aliphatic heterocycles. The van der Waals surface area contributed by atoms with Crippen molar-refractivity contribution in [3.05, 3.63) is 24.4 Å². The standard InChI is InChI=1S/C11H22O3Si/c1-7-12-10(3)9-11(13-8-2)14-15(4,5)6/h9H,3,7-8H2,1-2,4-6H3/b11-9-. The fourth-order valence-electron chi connectivity index (χ4n) is 0.903. The summed E-state index contributed by atoms with van der Waals surface area (Å²) in [6, 6.07) is 0. The molecule has 3 nitrogen and oxygen atoms in total. The van der Waals surface area contributed by atoms with Crippen LogP contribution in [0.5, 0.6) is 0 Å². The van der Waals surface area contributed by atoms with Crippen molar-refractivity contribution in [3.63, 3.8) is 0 Å². The molecule has 0 aromatic heterocycles. The van der Waals surface area contributed by atoms with E-state index < -0.39 is 8.32 Å². The van der Waals surface area contributed by atoms with Crippen molar-refractivity contribution in [3.8, 4) is 0 Å². The Bertz CT molecular complexity index is 228. The van der Waals surface area contributed by atoms with Crippen molar-refractivity contribution in [1.29, 1.82) is 0 Å². The molecule has 0 spiro atoms. The van der Waals surface area contributed by atoms with E-state index >= 15 is 0 Å². The van der Waals surface area contributed by atoms with E-state index in [1.807, 2.05) is 13.8 Å². The van der Waals surface area contributed by atoms with Gasteiger partial charge in [-0.15, -0.1) is 0 Å². The second-order valence-electron chi connectivity index (χ2n) is 4.01. The third-order valence-corrected chi connectivity index (χ3v) is 2.12. The Hall–Kier alpha value is -0.903. The maximum absolute atomic E-state index is 5.73. The van der Waals surface area contributed by atoms with Gasteiger partial charge < -0.3 is 13.9 Å². The zero-order valence-electron chi connectivity index (χ0n) is 10.4. The van der Waals surface area contributed by atoms with E-state index in [-0.39, 0.29) is 0 Å². The van der Waals surface area contributed by atoms with Gasteiger partial charge in [-0.1, -0.05) is 6.58 Å². The molecule has 0 saturated carbocycles. The van der Waals surface area contributed by atoms with E-state index in [1.165, 1.54) is 0 Å². The highest BCUT2D eigenvalue weighted by molar-refractivity contribution is 6.69. The molecule has 0 saturated heterocycles. The van der Waals surface area contributed by atoms with Crippen LogP contribution in [0.1, 0.15) is 13.8 Å². The largest absolute Gasteiger partial charge is 0.520 e. The third-order valence-electron chi connectivity index (χ3n) is 1.30.